The van der Waals surface area contributed by atoms with E-state index in [4.69, 9.17) is 11.6 Å². The van der Waals surface area contributed by atoms with E-state index >= 15 is 0 Å². The SMILES string of the molecule is O=C(NCc1ccccc1Br)c1ccc(Cl)cc1O. The Morgan fingerprint density at radius 2 is 2.00 bits per heavy atom. The molecule has 0 aromatic heterocycles. The van der Waals surface area contributed by atoms with Crippen molar-refractivity contribution in [2.75, 3.05) is 0 Å². The first-order valence-corrected chi connectivity index (χ1v) is 6.75. The van der Waals surface area contributed by atoms with E-state index in [0.29, 0.717) is 11.6 Å². The highest BCUT2D eigenvalue weighted by Gasteiger charge is 2.11. The van der Waals surface area contributed by atoms with E-state index in [9.17, 15) is 9.90 Å². The van der Waals surface area contributed by atoms with Crippen LogP contribution in [0.2, 0.25) is 5.02 Å². The van der Waals surface area contributed by atoms with Crippen molar-refractivity contribution in [2.45, 2.75) is 6.54 Å². The first-order chi connectivity index (χ1) is 9.08. The summed E-state index contributed by atoms with van der Waals surface area (Å²) in [4.78, 5) is 11.9. The van der Waals surface area contributed by atoms with Crippen LogP contribution in [0.15, 0.2) is 46.9 Å². The van der Waals surface area contributed by atoms with Crippen molar-refractivity contribution in [1.29, 1.82) is 0 Å². The van der Waals surface area contributed by atoms with Gasteiger partial charge in [-0.2, -0.15) is 0 Å². The van der Waals surface area contributed by atoms with Gasteiger partial charge in [0.1, 0.15) is 5.75 Å². The van der Waals surface area contributed by atoms with Crippen LogP contribution >= 0.6 is 27.5 Å². The van der Waals surface area contributed by atoms with Crippen molar-refractivity contribution in [3.8, 4) is 5.75 Å². The zero-order chi connectivity index (χ0) is 13.8. The zero-order valence-electron chi connectivity index (χ0n) is 9.86. The Morgan fingerprint density at radius 3 is 2.68 bits per heavy atom. The lowest BCUT2D eigenvalue weighted by Gasteiger charge is -2.08. The zero-order valence-corrected chi connectivity index (χ0v) is 12.2. The van der Waals surface area contributed by atoms with Crippen molar-refractivity contribution in [1.82, 2.24) is 5.32 Å². The van der Waals surface area contributed by atoms with E-state index < -0.39 is 0 Å². The van der Waals surface area contributed by atoms with Gasteiger partial charge < -0.3 is 10.4 Å². The van der Waals surface area contributed by atoms with Crippen LogP contribution in [0, 0.1) is 0 Å². The summed E-state index contributed by atoms with van der Waals surface area (Å²) in [5, 5.41) is 12.8. The molecule has 2 aromatic rings. The molecule has 0 saturated carbocycles. The number of halogens is 2. The minimum atomic E-state index is -0.343. The Kier molecular flexibility index (Phi) is 4.45. The van der Waals surface area contributed by atoms with E-state index in [1.807, 2.05) is 24.3 Å². The Balaban J connectivity index is 2.08. The highest BCUT2D eigenvalue weighted by Crippen LogP contribution is 2.22. The number of amides is 1. The highest BCUT2D eigenvalue weighted by molar-refractivity contribution is 9.10. The summed E-state index contributed by atoms with van der Waals surface area (Å²) in [5.74, 6) is -0.470. The fourth-order valence-electron chi connectivity index (χ4n) is 1.61. The van der Waals surface area contributed by atoms with E-state index in [-0.39, 0.29) is 17.2 Å². The number of phenols is 1. The maximum atomic E-state index is 11.9. The molecule has 1 amide bonds. The Labute approximate surface area is 124 Å². The fourth-order valence-corrected chi connectivity index (χ4v) is 2.20. The third-order valence-electron chi connectivity index (χ3n) is 2.60. The van der Waals surface area contributed by atoms with Gasteiger partial charge in [0.15, 0.2) is 0 Å². The molecule has 0 aliphatic rings. The number of carbonyl (C=O) groups is 1. The number of phenolic OH excluding ortho intramolecular Hbond substituents is 1. The van der Waals surface area contributed by atoms with Crippen LogP contribution in [0.1, 0.15) is 15.9 Å². The highest BCUT2D eigenvalue weighted by atomic mass is 79.9. The maximum Gasteiger partial charge on any atom is 0.255 e. The molecule has 2 aromatic carbocycles. The van der Waals surface area contributed by atoms with Gasteiger partial charge in [-0.05, 0) is 29.8 Å². The predicted octanol–water partition coefficient (Wildman–Crippen LogP) is 3.74. The molecule has 5 heteroatoms. The molecule has 3 nitrogen and oxygen atoms in total. The number of aromatic hydroxyl groups is 1. The van der Waals surface area contributed by atoms with Crippen molar-refractivity contribution in [3.05, 3.63) is 63.1 Å². The number of hydrogen-bond acceptors (Lipinski definition) is 2. The quantitative estimate of drug-likeness (QED) is 0.894. The van der Waals surface area contributed by atoms with Gasteiger partial charge >= 0.3 is 0 Å². The minimum absolute atomic E-state index is 0.128. The van der Waals surface area contributed by atoms with Gasteiger partial charge in [0, 0.05) is 16.0 Å². The summed E-state index contributed by atoms with van der Waals surface area (Å²) in [6, 6.07) is 12.0. The van der Waals surface area contributed by atoms with E-state index in [2.05, 4.69) is 21.2 Å². The Bertz CT molecular complexity index is 616. The molecule has 0 bridgehead atoms. The molecule has 0 aliphatic heterocycles. The largest absolute Gasteiger partial charge is 0.507 e. The molecular formula is C14H11BrClNO2. The molecule has 0 fully saturated rings. The van der Waals surface area contributed by atoms with Gasteiger partial charge in [0.25, 0.3) is 5.91 Å². The number of carbonyl (C=O) groups excluding carboxylic acids is 1. The fraction of sp³-hybridized carbons (Fsp3) is 0.0714. The lowest BCUT2D eigenvalue weighted by Crippen LogP contribution is -2.23. The van der Waals surface area contributed by atoms with E-state index in [0.717, 1.165) is 10.0 Å². The molecular weight excluding hydrogens is 330 g/mol. The molecule has 98 valence electrons. The molecule has 2 N–H and O–H groups in total. The van der Waals surface area contributed by atoms with Crippen LogP contribution in [0.4, 0.5) is 0 Å². The van der Waals surface area contributed by atoms with E-state index in [1.54, 1.807) is 6.07 Å². The van der Waals surface area contributed by atoms with Crippen LogP contribution < -0.4 is 5.32 Å². The van der Waals surface area contributed by atoms with Gasteiger partial charge in [-0.25, -0.2) is 0 Å². The molecule has 0 atom stereocenters. The summed E-state index contributed by atoms with van der Waals surface area (Å²) in [7, 11) is 0. The van der Waals surface area contributed by atoms with E-state index in [1.165, 1.54) is 12.1 Å². The second-order valence-electron chi connectivity index (χ2n) is 3.94. The molecule has 0 radical (unpaired) electrons. The van der Waals surface area contributed by atoms with Gasteiger partial charge in [-0.3, -0.25) is 4.79 Å². The summed E-state index contributed by atoms with van der Waals surface area (Å²) in [5.41, 5.74) is 1.17. The summed E-state index contributed by atoms with van der Waals surface area (Å²) in [6.07, 6.45) is 0. The lowest BCUT2D eigenvalue weighted by molar-refractivity contribution is 0.0948. The normalized spacial score (nSPS) is 10.2. The van der Waals surface area contributed by atoms with Crippen LogP contribution in [0.25, 0.3) is 0 Å². The smallest absolute Gasteiger partial charge is 0.255 e. The number of benzene rings is 2. The lowest BCUT2D eigenvalue weighted by atomic mass is 10.1. The summed E-state index contributed by atoms with van der Waals surface area (Å²) >= 11 is 9.13. The van der Waals surface area contributed by atoms with Crippen LogP contribution in [0.3, 0.4) is 0 Å². The summed E-state index contributed by atoms with van der Waals surface area (Å²) < 4.78 is 0.927. The Hall–Kier alpha value is -1.52. The molecule has 0 aliphatic carbocycles. The van der Waals surface area contributed by atoms with Crippen LogP contribution in [-0.4, -0.2) is 11.0 Å². The average Bonchev–Trinajstić information content (AvgIpc) is 2.37. The topological polar surface area (TPSA) is 49.3 Å². The van der Waals surface area contributed by atoms with Crippen LogP contribution in [0.5, 0.6) is 5.75 Å². The summed E-state index contributed by atoms with van der Waals surface area (Å²) in [6.45, 7) is 0.377. The molecule has 0 heterocycles. The monoisotopic (exact) mass is 339 g/mol. The second kappa shape index (κ2) is 6.08. The number of nitrogens with one attached hydrogen (secondary N) is 1. The number of rotatable bonds is 3. The third-order valence-corrected chi connectivity index (χ3v) is 3.61. The average molecular weight is 341 g/mol. The van der Waals surface area contributed by atoms with Crippen molar-refractivity contribution in [3.63, 3.8) is 0 Å². The van der Waals surface area contributed by atoms with Gasteiger partial charge in [0.05, 0.1) is 5.56 Å². The minimum Gasteiger partial charge on any atom is -0.507 e. The van der Waals surface area contributed by atoms with Crippen LogP contribution in [-0.2, 0) is 6.54 Å². The van der Waals surface area contributed by atoms with Crippen molar-refractivity contribution < 1.29 is 9.90 Å². The standard InChI is InChI=1S/C14H11BrClNO2/c15-12-4-2-1-3-9(12)8-17-14(19)11-6-5-10(16)7-13(11)18/h1-7,18H,8H2,(H,17,19). The molecule has 2 rings (SSSR count). The first-order valence-electron chi connectivity index (χ1n) is 5.58. The Morgan fingerprint density at radius 1 is 1.26 bits per heavy atom. The van der Waals surface area contributed by atoms with Gasteiger partial charge in [-0.1, -0.05) is 45.7 Å². The first kappa shape index (κ1) is 13.9. The molecule has 0 unspecified atom stereocenters. The van der Waals surface area contributed by atoms with Crippen molar-refractivity contribution >= 4 is 33.4 Å². The molecule has 0 spiro atoms. The van der Waals surface area contributed by atoms with Crippen molar-refractivity contribution in [2.24, 2.45) is 0 Å². The third kappa shape index (κ3) is 3.49. The maximum absolute atomic E-state index is 11.9. The predicted molar refractivity (Wildman–Crippen MR) is 78.4 cm³/mol. The second-order valence-corrected chi connectivity index (χ2v) is 5.23. The molecule has 19 heavy (non-hydrogen) atoms. The number of hydrogen-bond donors (Lipinski definition) is 2. The van der Waals surface area contributed by atoms with Gasteiger partial charge in [-0.15, -0.1) is 0 Å². The molecule has 0 saturated heterocycles. The van der Waals surface area contributed by atoms with Gasteiger partial charge in [0.2, 0.25) is 0 Å².